The molecule has 0 aliphatic heterocycles. The van der Waals surface area contributed by atoms with Gasteiger partial charge in [0.25, 0.3) is 5.91 Å². The highest BCUT2D eigenvalue weighted by molar-refractivity contribution is 5.96. The highest BCUT2D eigenvalue weighted by atomic mass is 16.2. The molecule has 0 aromatic carbocycles. The second-order valence-electron chi connectivity index (χ2n) is 4.20. The number of nitrogens with zero attached hydrogens (tertiary/aromatic N) is 1. The Morgan fingerprint density at radius 3 is 3.00 bits per heavy atom. The molecule has 2 N–H and O–H groups in total. The van der Waals surface area contributed by atoms with Gasteiger partial charge in [-0.05, 0) is 12.5 Å². The fourth-order valence-electron chi connectivity index (χ4n) is 1.68. The molecular formula is C15H20N2O2. The summed E-state index contributed by atoms with van der Waals surface area (Å²) in [5.74, 6) is 5.12. The van der Waals surface area contributed by atoms with Crippen LogP contribution >= 0.6 is 0 Å². The van der Waals surface area contributed by atoms with E-state index in [0.29, 0.717) is 17.7 Å². The maximum absolute atomic E-state index is 12.0. The summed E-state index contributed by atoms with van der Waals surface area (Å²) in [6, 6.07) is 1.64. The van der Waals surface area contributed by atoms with Crippen molar-refractivity contribution in [2.24, 2.45) is 0 Å². The SMILES string of the molecule is CCCCCCNC(=O)c1ccncc1C#CCO. The van der Waals surface area contributed by atoms with Gasteiger partial charge in [0.05, 0.1) is 11.1 Å². The fourth-order valence-corrected chi connectivity index (χ4v) is 1.68. The van der Waals surface area contributed by atoms with Crippen LogP contribution in [0.5, 0.6) is 0 Å². The average molecular weight is 260 g/mol. The van der Waals surface area contributed by atoms with E-state index in [1.54, 1.807) is 12.3 Å². The molecule has 0 aliphatic rings. The first-order chi connectivity index (χ1) is 9.29. The van der Waals surface area contributed by atoms with E-state index in [1.807, 2.05) is 0 Å². The van der Waals surface area contributed by atoms with E-state index >= 15 is 0 Å². The number of hydrogen-bond acceptors (Lipinski definition) is 3. The summed E-state index contributed by atoms with van der Waals surface area (Å²) in [7, 11) is 0. The number of hydrogen-bond donors (Lipinski definition) is 2. The average Bonchev–Trinajstić information content (AvgIpc) is 2.45. The summed E-state index contributed by atoms with van der Waals surface area (Å²) >= 11 is 0. The van der Waals surface area contributed by atoms with E-state index < -0.39 is 0 Å². The monoisotopic (exact) mass is 260 g/mol. The van der Waals surface area contributed by atoms with Gasteiger partial charge in [-0.25, -0.2) is 0 Å². The molecule has 19 heavy (non-hydrogen) atoms. The molecule has 1 aromatic rings. The van der Waals surface area contributed by atoms with Crippen LogP contribution in [0.15, 0.2) is 18.5 Å². The van der Waals surface area contributed by atoms with Gasteiger partial charge in [0.1, 0.15) is 6.61 Å². The third kappa shape index (κ3) is 5.54. The van der Waals surface area contributed by atoms with E-state index in [0.717, 1.165) is 12.8 Å². The lowest BCUT2D eigenvalue weighted by Gasteiger charge is -2.06. The van der Waals surface area contributed by atoms with Crippen molar-refractivity contribution >= 4 is 5.91 Å². The van der Waals surface area contributed by atoms with Crippen molar-refractivity contribution in [3.05, 3.63) is 29.6 Å². The highest BCUT2D eigenvalue weighted by Gasteiger charge is 2.08. The predicted molar refractivity (Wildman–Crippen MR) is 74.7 cm³/mol. The maximum Gasteiger partial charge on any atom is 0.252 e. The zero-order valence-electron chi connectivity index (χ0n) is 11.3. The van der Waals surface area contributed by atoms with Gasteiger partial charge < -0.3 is 10.4 Å². The number of aliphatic hydroxyl groups excluding tert-OH is 1. The lowest BCUT2D eigenvalue weighted by atomic mass is 10.1. The van der Waals surface area contributed by atoms with Gasteiger partial charge in [0.15, 0.2) is 0 Å². The Morgan fingerprint density at radius 1 is 1.42 bits per heavy atom. The van der Waals surface area contributed by atoms with Gasteiger partial charge in [-0.3, -0.25) is 9.78 Å². The fraction of sp³-hybridized carbons (Fsp3) is 0.467. The summed E-state index contributed by atoms with van der Waals surface area (Å²) in [5.41, 5.74) is 1.05. The molecule has 0 saturated carbocycles. The van der Waals surface area contributed by atoms with Crippen LogP contribution in [0.25, 0.3) is 0 Å². The molecular weight excluding hydrogens is 240 g/mol. The van der Waals surface area contributed by atoms with E-state index in [4.69, 9.17) is 5.11 Å². The van der Waals surface area contributed by atoms with Crippen LogP contribution in [0.3, 0.4) is 0 Å². The van der Waals surface area contributed by atoms with Crippen molar-refractivity contribution in [3.63, 3.8) is 0 Å². The molecule has 0 fully saturated rings. The van der Waals surface area contributed by atoms with Crippen LogP contribution in [0.2, 0.25) is 0 Å². The third-order valence-corrected chi connectivity index (χ3v) is 2.68. The van der Waals surface area contributed by atoms with Crippen LogP contribution in [-0.2, 0) is 0 Å². The molecule has 0 bridgehead atoms. The Balaban J connectivity index is 2.56. The Bertz CT molecular complexity index is 461. The molecule has 4 heteroatoms. The van der Waals surface area contributed by atoms with Gasteiger partial charge >= 0.3 is 0 Å². The Morgan fingerprint density at radius 2 is 2.26 bits per heavy atom. The number of amides is 1. The number of carbonyl (C=O) groups is 1. The van der Waals surface area contributed by atoms with Crippen molar-refractivity contribution in [1.29, 1.82) is 0 Å². The number of aromatic nitrogens is 1. The smallest absolute Gasteiger partial charge is 0.252 e. The number of rotatable bonds is 6. The van der Waals surface area contributed by atoms with Gasteiger partial charge in [-0.1, -0.05) is 38.0 Å². The molecule has 1 rings (SSSR count). The Kier molecular flexibility index (Phi) is 7.30. The number of nitrogens with one attached hydrogen (secondary N) is 1. The zero-order valence-corrected chi connectivity index (χ0v) is 11.3. The standard InChI is InChI=1S/C15H20N2O2/c1-2-3-4-5-9-17-15(19)14-8-10-16-12-13(14)7-6-11-18/h8,10,12,18H,2-5,9,11H2,1H3,(H,17,19). The summed E-state index contributed by atoms with van der Waals surface area (Å²) < 4.78 is 0. The van der Waals surface area contributed by atoms with Crippen molar-refractivity contribution in [3.8, 4) is 11.8 Å². The molecule has 0 radical (unpaired) electrons. The summed E-state index contributed by atoms with van der Waals surface area (Å²) in [4.78, 5) is 15.9. The lowest BCUT2D eigenvalue weighted by molar-refractivity contribution is 0.0952. The largest absolute Gasteiger partial charge is 0.384 e. The second kappa shape index (κ2) is 9.12. The summed E-state index contributed by atoms with van der Waals surface area (Å²) in [6.45, 7) is 2.60. The lowest BCUT2D eigenvalue weighted by Crippen LogP contribution is -2.25. The van der Waals surface area contributed by atoms with Crippen LogP contribution < -0.4 is 5.32 Å². The molecule has 1 amide bonds. The second-order valence-corrected chi connectivity index (χ2v) is 4.20. The normalized spacial score (nSPS) is 9.58. The number of carbonyl (C=O) groups excluding carboxylic acids is 1. The number of unbranched alkanes of at least 4 members (excludes halogenated alkanes) is 3. The minimum atomic E-state index is -0.229. The molecule has 1 heterocycles. The minimum Gasteiger partial charge on any atom is -0.384 e. The van der Waals surface area contributed by atoms with Crippen LogP contribution in [0, 0.1) is 11.8 Å². The summed E-state index contributed by atoms with van der Waals surface area (Å²) in [6.07, 6.45) is 7.59. The third-order valence-electron chi connectivity index (χ3n) is 2.68. The quantitative estimate of drug-likeness (QED) is 0.605. The number of aliphatic hydroxyl groups is 1. The van der Waals surface area contributed by atoms with Crippen molar-refractivity contribution < 1.29 is 9.90 Å². The van der Waals surface area contributed by atoms with Crippen molar-refractivity contribution in [2.45, 2.75) is 32.6 Å². The van der Waals surface area contributed by atoms with E-state index in [2.05, 4.69) is 29.1 Å². The molecule has 0 unspecified atom stereocenters. The van der Waals surface area contributed by atoms with Crippen LogP contribution in [-0.4, -0.2) is 29.1 Å². The Labute approximate surface area is 114 Å². The first-order valence-electron chi connectivity index (χ1n) is 6.61. The van der Waals surface area contributed by atoms with Gasteiger partial charge in [-0.15, -0.1) is 0 Å². The van der Waals surface area contributed by atoms with Gasteiger partial charge in [0.2, 0.25) is 0 Å². The van der Waals surface area contributed by atoms with Crippen LogP contribution in [0.4, 0.5) is 0 Å². The Hall–Kier alpha value is -1.86. The minimum absolute atomic E-state index is 0.138. The summed E-state index contributed by atoms with van der Waals surface area (Å²) in [5, 5.41) is 11.6. The van der Waals surface area contributed by atoms with Crippen molar-refractivity contribution in [1.82, 2.24) is 10.3 Å². The van der Waals surface area contributed by atoms with Crippen LogP contribution in [0.1, 0.15) is 48.5 Å². The molecule has 0 spiro atoms. The first-order valence-corrected chi connectivity index (χ1v) is 6.61. The molecule has 4 nitrogen and oxygen atoms in total. The highest BCUT2D eigenvalue weighted by Crippen LogP contribution is 2.05. The maximum atomic E-state index is 12.0. The molecule has 0 atom stereocenters. The van der Waals surface area contributed by atoms with Gasteiger partial charge in [0, 0.05) is 18.9 Å². The molecule has 0 saturated heterocycles. The van der Waals surface area contributed by atoms with E-state index in [-0.39, 0.29) is 12.5 Å². The molecule has 1 aromatic heterocycles. The van der Waals surface area contributed by atoms with Gasteiger partial charge in [-0.2, -0.15) is 0 Å². The topological polar surface area (TPSA) is 62.2 Å². The molecule has 0 aliphatic carbocycles. The van der Waals surface area contributed by atoms with Crippen molar-refractivity contribution in [2.75, 3.05) is 13.2 Å². The molecule has 102 valence electrons. The zero-order chi connectivity index (χ0) is 13.9. The van der Waals surface area contributed by atoms with E-state index in [9.17, 15) is 4.79 Å². The predicted octanol–water partition coefficient (Wildman–Crippen LogP) is 1.74. The number of pyridine rings is 1. The van der Waals surface area contributed by atoms with E-state index in [1.165, 1.54) is 19.0 Å². The first kappa shape index (κ1) is 15.2.